The summed E-state index contributed by atoms with van der Waals surface area (Å²) in [5.41, 5.74) is 3.61. The summed E-state index contributed by atoms with van der Waals surface area (Å²) in [5, 5.41) is 4.15. The average Bonchev–Trinajstić information content (AvgIpc) is 2.32. The minimum absolute atomic E-state index is 0.740. The van der Waals surface area contributed by atoms with E-state index in [2.05, 4.69) is 40.3 Å². The molecule has 0 heterocycles. The second-order valence-electron chi connectivity index (χ2n) is 3.92. The fraction of sp³-hybridized carbons (Fsp3) is 0.143. The van der Waals surface area contributed by atoms with Crippen LogP contribution in [0.3, 0.4) is 0 Å². The van der Waals surface area contributed by atoms with Crippen LogP contribution in [-0.2, 0) is 6.54 Å². The van der Waals surface area contributed by atoms with E-state index in [1.54, 1.807) is 0 Å². The molecular weight excluding hydrogens is 298 g/mol. The van der Waals surface area contributed by atoms with Gasteiger partial charge in [-0.1, -0.05) is 35.9 Å². The second-order valence-corrected chi connectivity index (χ2v) is 5.18. The Morgan fingerprint density at radius 1 is 1.18 bits per heavy atom. The molecule has 0 saturated heterocycles. The Balaban J connectivity index is 2.08. The van der Waals surface area contributed by atoms with E-state index in [0.29, 0.717) is 0 Å². The van der Waals surface area contributed by atoms with Crippen molar-refractivity contribution in [3.63, 3.8) is 0 Å². The maximum absolute atomic E-state index is 5.96. The third-order valence-electron chi connectivity index (χ3n) is 2.61. The monoisotopic (exact) mass is 309 g/mol. The van der Waals surface area contributed by atoms with Crippen LogP contribution in [0.15, 0.2) is 46.9 Å². The highest BCUT2D eigenvalue weighted by Crippen LogP contribution is 2.24. The smallest absolute Gasteiger partial charge is 0.0548 e. The summed E-state index contributed by atoms with van der Waals surface area (Å²) in [6.07, 6.45) is 0. The van der Waals surface area contributed by atoms with Crippen molar-refractivity contribution in [2.45, 2.75) is 13.5 Å². The zero-order valence-corrected chi connectivity index (χ0v) is 11.8. The molecule has 88 valence electrons. The van der Waals surface area contributed by atoms with Crippen molar-refractivity contribution in [1.29, 1.82) is 0 Å². The highest BCUT2D eigenvalue weighted by atomic mass is 79.9. The van der Waals surface area contributed by atoms with E-state index in [1.165, 1.54) is 16.8 Å². The van der Waals surface area contributed by atoms with Gasteiger partial charge in [-0.3, -0.25) is 0 Å². The maximum Gasteiger partial charge on any atom is 0.0548 e. The molecule has 3 heteroatoms. The van der Waals surface area contributed by atoms with Crippen LogP contribution in [0.1, 0.15) is 11.1 Å². The molecule has 0 unspecified atom stereocenters. The molecule has 2 aromatic carbocycles. The molecular formula is C14H13BrClN. The molecule has 2 rings (SSSR count). The Bertz CT molecular complexity index is 525. The zero-order chi connectivity index (χ0) is 12.3. The van der Waals surface area contributed by atoms with E-state index in [1.807, 2.05) is 30.3 Å². The van der Waals surface area contributed by atoms with Crippen LogP contribution in [0.5, 0.6) is 0 Å². The van der Waals surface area contributed by atoms with Gasteiger partial charge in [-0.2, -0.15) is 0 Å². The minimum Gasteiger partial charge on any atom is -0.381 e. The SMILES string of the molecule is Cc1ccccc1NCc1ccc(Cl)c(Br)c1. The molecule has 17 heavy (non-hydrogen) atoms. The summed E-state index contributed by atoms with van der Waals surface area (Å²) in [4.78, 5) is 0. The van der Waals surface area contributed by atoms with Gasteiger partial charge < -0.3 is 5.32 Å². The molecule has 0 radical (unpaired) electrons. The van der Waals surface area contributed by atoms with Crippen LogP contribution in [0.2, 0.25) is 5.02 Å². The second kappa shape index (κ2) is 5.56. The number of hydrogen-bond donors (Lipinski definition) is 1. The lowest BCUT2D eigenvalue weighted by Crippen LogP contribution is -2.00. The van der Waals surface area contributed by atoms with Crippen LogP contribution in [0.25, 0.3) is 0 Å². The molecule has 0 aliphatic rings. The first-order valence-electron chi connectivity index (χ1n) is 5.40. The van der Waals surface area contributed by atoms with Gasteiger partial charge in [-0.05, 0) is 52.2 Å². The van der Waals surface area contributed by atoms with Gasteiger partial charge in [0.05, 0.1) is 5.02 Å². The average molecular weight is 311 g/mol. The lowest BCUT2D eigenvalue weighted by atomic mass is 10.2. The van der Waals surface area contributed by atoms with Gasteiger partial charge in [0.15, 0.2) is 0 Å². The van der Waals surface area contributed by atoms with E-state index >= 15 is 0 Å². The summed E-state index contributed by atoms with van der Waals surface area (Å²) in [7, 11) is 0. The van der Waals surface area contributed by atoms with Gasteiger partial charge in [0.25, 0.3) is 0 Å². The van der Waals surface area contributed by atoms with Crippen molar-refractivity contribution in [3.8, 4) is 0 Å². The number of hydrogen-bond acceptors (Lipinski definition) is 1. The molecule has 0 spiro atoms. The van der Waals surface area contributed by atoms with Crippen molar-refractivity contribution in [2.75, 3.05) is 5.32 Å². The van der Waals surface area contributed by atoms with E-state index in [-0.39, 0.29) is 0 Å². The maximum atomic E-state index is 5.96. The molecule has 0 fully saturated rings. The molecule has 0 aliphatic heterocycles. The fourth-order valence-electron chi connectivity index (χ4n) is 1.62. The zero-order valence-electron chi connectivity index (χ0n) is 9.50. The van der Waals surface area contributed by atoms with Crippen molar-refractivity contribution in [1.82, 2.24) is 0 Å². The van der Waals surface area contributed by atoms with Crippen molar-refractivity contribution in [2.24, 2.45) is 0 Å². The summed E-state index contributed by atoms with van der Waals surface area (Å²) >= 11 is 9.38. The summed E-state index contributed by atoms with van der Waals surface area (Å²) in [6.45, 7) is 2.89. The first-order valence-corrected chi connectivity index (χ1v) is 6.57. The predicted octanol–water partition coefficient (Wildman–Crippen LogP) is 5.02. The Kier molecular flexibility index (Phi) is 4.08. The van der Waals surface area contributed by atoms with E-state index in [9.17, 15) is 0 Å². The van der Waals surface area contributed by atoms with Crippen LogP contribution in [0, 0.1) is 6.92 Å². The molecule has 0 saturated carbocycles. The molecule has 0 bridgehead atoms. The number of rotatable bonds is 3. The third-order valence-corrected chi connectivity index (χ3v) is 3.83. The van der Waals surface area contributed by atoms with E-state index in [4.69, 9.17) is 11.6 Å². The first kappa shape index (κ1) is 12.5. The number of halogens is 2. The first-order chi connectivity index (χ1) is 8.16. The van der Waals surface area contributed by atoms with Gasteiger partial charge in [0.2, 0.25) is 0 Å². The largest absolute Gasteiger partial charge is 0.381 e. The standard InChI is InChI=1S/C14H13BrClN/c1-10-4-2-3-5-14(10)17-9-11-6-7-13(16)12(15)8-11/h2-8,17H,9H2,1H3. The van der Waals surface area contributed by atoms with Crippen molar-refractivity contribution >= 4 is 33.2 Å². The Morgan fingerprint density at radius 3 is 2.65 bits per heavy atom. The summed E-state index contributed by atoms with van der Waals surface area (Å²) < 4.78 is 0.934. The molecule has 1 N–H and O–H groups in total. The number of para-hydroxylation sites is 1. The molecule has 0 aromatic heterocycles. The van der Waals surface area contributed by atoms with Crippen LogP contribution < -0.4 is 5.32 Å². The summed E-state index contributed by atoms with van der Waals surface area (Å²) in [6, 6.07) is 14.2. The summed E-state index contributed by atoms with van der Waals surface area (Å²) in [5.74, 6) is 0. The Hall–Kier alpha value is -0.990. The van der Waals surface area contributed by atoms with Crippen molar-refractivity contribution < 1.29 is 0 Å². The van der Waals surface area contributed by atoms with Crippen LogP contribution >= 0.6 is 27.5 Å². The molecule has 1 nitrogen and oxygen atoms in total. The predicted molar refractivity (Wildman–Crippen MR) is 77.7 cm³/mol. The highest BCUT2D eigenvalue weighted by molar-refractivity contribution is 9.10. The van der Waals surface area contributed by atoms with E-state index < -0.39 is 0 Å². The van der Waals surface area contributed by atoms with Crippen LogP contribution in [0.4, 0.5) is 5.69 Å². The normalized spacial score (nSPS) is 10.3. The number of aryl methyl sites for hydroxylation is 1. The number of anilines is 1. The molecule has 0 aliphatic carbocycles. The van der Waals surface area contributed by atoms with Gasteiger partial charge in [0, 0.05) is 16.7 Å². The number of nitrogens with one attached hydrogen (secondary N) is 1. The molecule has 0 atom stereocenters. The lowest BCUT2D eigenvalue weighted by Gasteiger charge is -2.09. The Labute approximate surface area is 115 Å². The van der Waals surface area contributed by atoms with Crippen molar-refractivity contribution in [3.05, 3.63) is 63.1 Å². The fourth-order valence-corrected chi connectivity index (χ4v) is 2.16. The lowest BCUT2D eigenvalue weighted by molar-refractivity contribution is 1.14. The minimum atomic E-state index is 0.740. The Morgan fingerprint density at radius 2 is 1.94 bits per heavy atom. The molecule has 0 amide bonds. The topological polar surface area (TPSA) is 12.0 Å². The van der Waals surface area contributed by atoms with Gasteiger partial charge in [0.1, 0.15) is 0 Å². The van der Waals surface area contributed by atoms with Crippen LogP contribution in [-0.4, -0.2) is 0 Å². The number of benzene rings is 2. The van der Waals surface area contributed by atoms with Gasteiger partial charge in [-0.15, -0.1) is 0 Å². The quantitative estimate of drug-likeness (QED) is 0.839. The van der Waals surface area contributed by atoms with E-state index in [0.717, 1.165) is 16.0 Å². The van der Waals surface area contributed by atoms with Gasteiger partial charge >= 0.3 is 0 Å². The highest BCUT2D eigenvalue weighted by Gasteiger charge is 2.00. The molecule has 2 aromatic rings. The van der Waals surface area contributed by atoms with Gasteiger partial charge in [-0.25, -0.2) is 0 Å². The third kappa shape index (κ3) is 3.24.